The highest BCUT2D eigenvalue weighted by molar-refractivity contribution is 6.31. The van der Waals surface area contributed by atoms with E-state index in [2.05, 4.69) is 4.98 Å². The lowest BCUT2D eigenvalue weighted by atomic mass is 9.95. The Morgan fingerprint density at radius 2 is 2.05 bits per heavy atom. The van der Waals surface area contributed by atoms with Crippen molar-refractivity contribution in [2.75, 3.05) is 0 Å². The number of aromatic nitrogens is 1. The van der Waals surface area contributed by atoms with E-state index < -0.39 is 16.8 Å². The highest BCUT2D eigenvalue weighted by atomic mass is 35.5. The van der Waals surface area contributed by atoms with Crippen molar-refractivity contribution in [1.82, 2.24) is 4.98 Å². The van der Waals surface area contributed by atoms with Gasteiger partial charge in [0.1, 0.15) is 12.1 Å². The molecule has 0 radical (unpaired) electrons. The molecule has 2 rings (SSSR count). The summed E-state index contributed by atoms with van der Waals surface area (Å²) in [6.07, 6.45) is 1.23. The standard InChI is InChI=1S/C14H11ClN2O4/c15-12-7-10(17(20)21)8-16-13(12)11(14(18)19)6-9-4-2-1-3-5-9/h1-5,7-8,11H,6H2,(H,18,19). The number of benzene rings is 1. The Bertz CT molecular complexity index is 676. The minimum atomic E-state index is -1.08. The summed E-state index contributed by atoms with van der Waals surface area (Å²) in [5.41, 5.74) is 0.673. The van der Waals surface area contributed by atoms with E-state index in [-0.39, 0.29) is 22.8 Å². The van der Waals surface area contributed by atoms with E-state index >= 15 is 0 Å². The molecule has 0 saturated heterocycles. The number of pyridine rings is 1. The van der Waals surface area contributed by atoms with Crippen LogP contribution in [0.25, 0.3) is 0 Å². The van der Waals surface area contributed by atoms with Crippen molar-refractivity contribution >= 4 is 23.3 Å². The molecule has 7 heteroatoms. The largest absolute Gasteiger partial charge is 0.481 e. The Hall–Kier alpha value is -2.47. The molecule has 1 aromatic carbocycles. The number of hydrogen-bond donors (Lipinski definition) is 1. The second-order valence-corrected chi connectivity index (χ2v) is 4.81. The maximum atomic E-state index is 11.4. The van der Waals surface area contributed by atoms with E-state index in [4.69, 9.17) is 11.6 Å². The van der Waals surface area contributed by atoms with Crippen LogP contribution in [0.15, 0.2) is 42.6 Å². The third kappa shape index (κ3) is 3.55. The molecule has 0 amide bonds. The average molecular weight is 307 g/mol. The predicted molar refractivity (Wildman–Crippen MR) is 76.4 cm³/mol. The van der Waals surface area contributed by atoms with Crippen LogP contribution in [0.4, 0.5) is 5.69 Å². The highest BCUT2D eigenvalue weighted by Gasteiger charge is 2.25. The van der Waals surface area contributed by atoms with Gasteiger partial charge in [-0.2, -0.15) is 0 Å². The summed E-state index contributed by atoms with van der Waals surface area (Å²) >= 11 is 5.95. The van der Waals surface area contributed by atoms with Crippen molar-refractivity contribution < 1.29 is 14.8 Å². The first-order chi connectivity index (χ1) is 9.99. The molecule has 0 saturated carbocycles. The molecule has 1 N–H and O–H groups in total. The summed E-state index contributed by atoms with van der Waals surface area (Å²) in [5.74, 6) is -2.04. The minimum Gasteiger partial charge on any atom is -0.481 e. The van der Waals surface area contributed by atoms with Crippen molar-refractivity contribution in [2.45, 2.75) is 12.3 Å². The second-order valence-electron chi connectivity index (χ2n) is 4.40. The number of halogens is 1. The molecule has 6 nitrogen and oxygen atoms in total. The summed E-state index contributed by atoms with van der Waals surface area (Å²) in [7, 11) is 0. The molecule has 1 unspecified atom stereocenters. The Kier molecular flexibility index (Phi) is 4.49. The zero-order valence-electron chi connectivity index (χ0n) is 10.8. The van der Waals surface area contributed by atoms with Crippen LogP contribution in [0.2, 0.25) is 5.02 Å². The fourth-order valence-corrected chi connectivity index (χ4v) is 2.24. The SMILES string of the molecule is O=C(O)C(Cc1ccccc1)c1ncc([N+](=O)[O-])cc1Cl. The second kappa shape index (κ2) is 6.32. The van der Waals surface area contributed by atoms with E-state index in [0.29, 0.717) is 0 Å². The molecule has 21 heavy (non-hydrogen) atoms. The number of nitro groups is 1. The number of rotatable bonds is 5. The Labute approximate surface area is 125 Å². The van der Waals surface area contributed by atoms with Gasteiger partial charge in [0.15, 0.2) is 0 Å². The molecule has 0 aliphatic rings. The summed E-state index contributed by atoms with van der Waals surface area (Å²) in [6, 6.07) is 10.2. The summed E-state index contributed by atoms with van der Waals surface area (Å²) in [6.45, 7) is 0. The average Bonchev–Trinajstić information content (AvgIpc) is 2.46. The lowest BCUT2D eigenvalue weighted by Gasteiger charge is -2.13. The topological polar surface area (TPSA) is 93.3 Å². The van der Waals surface area contributed by atoms with Crippen LogP contribution in [0.1, 0.15) is 17.2 Å². The quantitative estimate of drug-likeness (QED) is 0.677. The third-order valence-corrected chi connectivity index (χ3v) is 3.28. The van der Waals surface area contributed by atoms with Crippen LogP contribution < -0.4 is 0 Å². The van der Waals surface area contributed by atoms with E-state index in [0.717, 1.165) is 17.8 Å². The number of aliphatic carboxylic acids is 1. The van der Waals surface area contributed by atoms with Crippen LogP contribution in [-0.2, 0) is 11.2 Å². The van der Waals surface area contributed by atoms with E-state index in [1.54, 1.807) is 24.3 Å². The zero-order valence-corrected chi connectivity index (χ0v) is 11.5. The van der Waals surface area contributed by atoms with Crippen molar-refractivity contribution in [3.8, 4) is 0 Å². The van der Waals surface area contributed by atoms with Crippen molar-refractivity contribution in [3.05, 3.63) is 69.0 Å². The smallest absolute Gasteiger partial charge is 0.312 e. The molecule has 0 aliphatic carbocycles. The molecule has 0 bridgehead atoms. The molecular formula is C14H11ClN2O4. The summed E-state index contributed by atoms with van der Waals surface area (Å²) in [4.78, 5) is 25.3. The Morgan fingerprint density at radius 3 is 2.57 bits per heavy atom. The van der Waals surface area contributed by atoms with Gasteiger partial charge >= 0.3 is 5.97 Å². The molecule has 1 atom stereocenters. The molecule has 2 aromatic rings. The van der Waals surface area contributed by atoms with Gasteiger partial charge in [-0.05, 0) is 12.0 Å². The van der Waals surface area contributed by atoms with Gasteiger partial charge in [-0.25, -0.2) is 0 Å². The third-order valence-electron chi connectivity index (χ3n) is 2.98. The molecule has 0 spiro atoms. The zero-order chi connectivity index (χ0) is 15.4. The fourth-order valence-electron chi connectivity index (χ4n) is 1.95. The van der Waals surface area contributed by atoms with Crippen LogP contribution in [0.3, 0.4) is 0 Å². The van der Waals surface area contributed by atoms with E-state index in [1.165, 1.54) is 0 Å². The molecule has 0 fully saturated rings. The van der Waals surface area contributed by atoms with Crippen LogP contribution in [-0.4, -0.2) is 21.0 Å². The summed E-state index contributed by atoms with van der Waals surface area (Å²) < 4.78 is 0. The number of carboxylic acids is 1. The van der Waals surface area contributed by atoms with Gasteiger partial charge in [0, 0.05) is 6.07 Å². The minimum absolute atomic E-state index is 0.0208. The monoisotopic (exact) mass is 306 g/mol. The lowest BCUT2D eigenvalue weighted by molar-refractivity contribution is -0.385. The maximum Gasteiger partial charge on any atom is 0.312 e. The molecule has 0 aliphatic heterocycles. The van der Waals surface area contributed by atoms with Crippen molar-refractivity contribution in [1.29, 1.82) is 0 Å². The molecular weight excluding hydrogens is 296 g/mol. The predicted octanol–water partition coefficient (Wildman–Crippen LogP) is 3.05. The summed E-state index contributed by atoms with van der Waals surface area (Å²) in [5, 5.41) is 20.0. The molecule has 1 heterocycles. The van der Waals surface area contributed by atoms with E-state index in [1.807, 2.05) is 6.07 Å². The van der Waals surface area contributed by atoms with Crippen LogP contribution in [0.5, 0.6) is 0 Å². The number of hydrogen-bond acceptors (Lipinski definition) is 4. The van der Waals surface area contributed by atoms with Gasteiger partial charge in [-0.1, -0.05) is 41.9 Å². The number of carboxylic acid groups (broad SMARTS) is 1. The van der Waals surface area contributed by atoms with Gasteiger partial charge in [0.25, 0.3) is 5.69 Å². The number of nitrogens with zero attached hydrogens (tertiary/aromatic N) is 2. The van der Waals surface area contributed by atoms with Gasteiger partial charge in [0.05, 0.1) is 15.6 Å². The lowest BCUT2D eigenvalue weighted by Crippen LogP contribution is -2.16. The maximum absolute atomic E-state index is 11.4. The van der Waals surface area contributed by atoms with Gasteiger partial charge in [-0.15, -0.1) is 0 Å². The van der Waals surface area contributed by atoms with Crippen LogP contribution in [0, 0.1) is 10.1 Å². The first-order valence-electron chi connectivity index (χ1n) is 6.05. The van der Waals surface area contributed by atoms with Crippen molar-refractivity contribution in [2.24, 2.45) is 0 Å². The first kappa shape index (κ1) is 14.9. The van der Waals surface area contributed by atoms with Crippen molar-refractivity contribution in [3.63, 3.8) is 0 Å². The highest BCUT2D eigenvalue weighted by Crippen LogP contribution is 2.28. The van der Waals surface area contributed by atoms with Gasteiger partial charge in [-0.3, -0.25) is 19.9 Å². The van der Waals surface area contributed by atoms with E-state index in [9.17, 15) is 20.0 Å². The Morgan fingerprint density at radius 1 is 1.38 bits per heavy atom. The Balaban J connectivity index is 2.35. The normalized spacial score (nSPS) is 11.9. The van der Waals surface area contributed by atoms with Crippen LogP contribution >= 0.6 is 11.6 Å². The molecule has 108 valence electrons. The van der Waals surface area contributed by atoms with Gasteiger partial charge < -0.3 is 5.11 Å². The number of carbonyl (C=O) groups is 1. The fraction of sp³-hybridized carbons (Fsp3) is 0.143. The first-order valence-corrected chi connectivity index (χ1v) is 6.43. The molecule has 1 aromatic heterocycles. The van der Waals surface area contributed by atoms with Gasteiger partial charge in [0.2, 0.25) is 0 Å².